The molecular weight excluding hydrogens is 608 g/mol. The van der Waals surface area contributed by atoms with Crippen molar-refractivity contribution in [2.45, 2.75) is 199 Å². The molecule has 0 fully saturated rings. The third kappa shape index (κ3) is 30.9. The highest BCUT2D eigenvalue weighted by molar-refractivity contribution is 5.87. The SMILES string of the molecule is CCC/C=C\CCCCCCCC(=O)OC(CCCCCCCCCCCC)CCCCCCCC(=O)NCC(=O)NC(CO)C(=O)O. The maximum Gasteiger partial charge on any atom is 0.328 e. The van der Waals surface area contributed by atoms with Crippen LogP contribution in [0.15, 0.2) is 12.2 Å². The maximum atomic E-state index is 12.7. The van der Waals surface area contributed by atoms with Crippen molar-refractivity contribution >= 4 is 23.8 Å². The molecule has 0 aliphatic carbocycles. The molecule has 0 aromatic rings. The van der Waals surface area contributed by atoms with Crippen LogP contribution in [-0.4, -0.2) is 59.3 Å². The van der Waals surface area contributed by atoms with Gasteiger partial charge in [-0.1, -0.05) is 129 Å². The summed E-state index contributed by atoms with van der Waals surface area (Å²) in [6.07, 6.45) is 33.8. The Kier molecular flexibility index (Phi) is 32.7. The first-order valence-electron chi connectivity index (χ1n) is 19.6. The van der Waals surface area contributed by atoms with Gasteiger partial charge in [-0.2, -0.15) is 0 Å². The summed E-state index contributed by atoms with van der Waals surface area (Å²) in [6, 6.07) is -1.38. The molecule has 0 radical (unpaired) electrons. The van der Waals surface area contributed by atoms with Gasteiger partial charge in [0.05, 0.1) is 13.2 Å². The van der Waals surface area contributed by atoms with Crippen molar-refractivity contribution in [1.29, 1.82) is 0 Å². The fourth-order valence-electron chi connectivity index (χ4n) is 5.72. The number of hydrogen-bond donors (Lipinski definition) is 4. The molecular formula is C39H72N2O7. The molecule has 0 bridgehead atoms. The van der Waals surface area contributed by atoms with Crippen LogP contribution in [0.4, 0.5) is 0 Å². The highest BCUT2D eigenvalue weighted by atomic mass is 16.5. The van der Waals surface area contributed by atoms with Gasteiger partial charge in [0.2, 0.25) is 11.8 Å². The van der Waals surface area contributed by atoms with E-state index in [2.05, 4.69) is 36.6 Å². The fraction of sp³-hybridized carbons (Fsp3) is 0.846. The summed E-state index contributed by atoms with van der Waals surface area (Å²) in [5.41, 5.74) is 0. The van der Waals surface area contributed by atoms with Crippen LogP contribution in [0.25, 0.3) is 0 Å². The third-order valence-electron chi connectivity index (χ3n) is 8.74. The topological polar surface area (TPSA) is 142 Å². The summed E-state index contributed by atoms with van der Waals surface area (Å²) in [5.74, 6) is -2.30. The summed E-state index contributed by atoms with van der Waals surface area (Å²) >= 11 is 0. The van der Waals surface area contributed by atoms with Gasteiger partial charge in [0.15, 0.2) is 0 Å². The number of nitrogens with one attached hydrogen (secondary N) is 2. The average Bonchev–Trinajstić information content (AvgIpc) is 3.07. The Labute approximate surface area is 292 Å². The van der Waals surface area contributed by atoms with Crippen LogP contribution in [0, 0.1) is 0 Å². The molecule has 4 N–H and O–H groups in total. The van der Waals surface area contributed by atoms with Crippen LogP contribution in [0.5, 0.6) is 0 Å². The first-order chi connectivity index (χ1) is 23.3. The zero-order chi connectivity index (χ0) is 35.5. The number of carboxylic acids is 1. The number of aliphatic hydroxyl groups is 1. The minimum atomic E-state index is -1.38. The number of allylic oxidation sites excluding steroid dienone is 2. The average molecular weight is 681 g/mol. The van der Waals surface area contributed by atoms with E-state index in [1.165, 1.54) is 89.9 Å². The van der Waals surface area contributed by atoms with Gasteiger partial charge >= 0.3 is 11.9 Å². The minimum absolute atomic E-state index is 0.00932. The molecule has 0 aromatic heterocycles. The molecule has 0 aliphatic rings. The van der Waals surface area contributed by atoms with Crippen molar-refractivity contribution in [2.24, 2.45) is 0 Å². The van der Waals surface area contributed by atoms with Gasteiger partial charge in [-0.15, -0.1) is 0 Å². The smallest absolute Gasteiger partial charge is 0.328 e. The van der Waals surface area contributed by atoms with Gasteiger partial charge < -0.3 is 25.6 Å². The molecule has 9 nitrogen and oxygen atoms in total. The van der Waals surface area contributed by atoms with E-state index in [0.29, 0.717) is 19.3 Å². The van der Waals surface area contributed by atoms with E-state index in [9.17, 15) is 19.2 Å². The standard InChI is InChI=1S/C39H72N2O7/c1-3-5-7-9-11-13-15-17-20-24-28-34(48-38(45)31-27-23-18-16-14-12-10-8-6-4-2)29-25-21-19-22-26-30-36(43)40-32-37(44)41-35(33-42)39(46)47/h8,10,34-35,42H,3-7,9,11-33H2,1-2H3,(H,40,43)(H,41,44)(H,46,47)/b10-8-. The fourth-order valence-corrected chi connectivity index (χ4v) is 5.72. The van der Waals surface area contributed by atoms with Gasteiger partial charge in [0.1, 0.15) is 12.1 Å². The summed E-state index contributed by atoms with van der Waals surface area (Å²) < 4.78 is 5.99. The summed E-state index contributed by atoms with van der Waals surface area (Å²) in [4.78, 5) is 47.3. The number of hydrogen-bond acceptors (Lipinski definition) is 6. The number of esters is 1. The van der Waals surface area contributed by atoms with Gasteiger partial charge in [0, 0.05) is 12.8 Å². The largest absolute Gasteiger partial charge is 0.480 e. The number of ether oxygens (including phenoxy) is 1. The van der Waals surface area contributed by atoms with Crippen LogP contribution in [0.1, 0.15) is 187 Å². The van der Waals surface area contributed by atoms with Crippen molar-refractivity contribution < 1.29 is 34.1 Å². The minimum Gasteiger partial charge on any atom is -0.480 e. The van der Waals surface area contributed by atoms with E-state index < -0.39 is 24.5 Å². The molecule has 2 amide bonds. The van der Waals surface area contributed by atoms with E-state index in [0.717, 1.165) is 64.2 Å². The molecule has 0 rings (SSSR count). The van der Waals surface area contributed by atoms with E-state index >= 15 is 0 Å². The second-order valence-corrected chi connectivity index (χ2v) is 13.4. The van der Waals surface area contributed by atoms with Crippen molar-refractivity contribution in [3.05, 3.63) is 12.2 Å². The number of aliphatic carboxylic acids is 1. The van der Waals surface area contributed by atoms with Crippen molar-refractivity contribution in [3.63, 3.8) is 0 Å². The normalized spacial score (nSPS) is 12.6. The summed E-state index contributed by atoms with van der Waals surface area (Å²) in [7, 11) is 0. The second-order valence-electron chi connectivity index (χ2n) is 13.4. The molecule has 0 aromatic carbocycles. The van der Waals surface area contributed by atoms with Crippen LogP contribution in [0.2, 0.25) is 0 Å². The highest BCUT2D eigenvalue weighted by Gasteiger charge is 2.19. The lowest BCUT2D eigenvalue weighted by atomic mass is 10.0. The van der Waals surface area contributed by atoms with Gasteiger partial charge in [-0.05, 0) is 57.8 Å². The molecule has 0 aliphatic heterocycles. The molecule has 0 spiro atoms. The quantitative estimate of drug-likeness (QED) is 0.0298. The van der Waals surface area contributed by atoms with Crippen molar-refractivity contribution in [1.82, 2.24) is 10.6 Å². The lowest BCUT2D eigenvalue weighted by Gasteiger charge is -2.18. The Morgan fingerprint density at radius 2 is 1.10 bits per heavy atom. The number of carboxylic acid groups (broad SMARTS) is 1. The Bertz CT molecular complexity index is 833. The number of rotatable bonds is 35. The summed E-state index contributed by atoms with van der Waals surface area (Å²) in [5, 5.41) is 22.5. The van der Waals surface area contributed by atoms with E-state index in [-0.39, 0.29) is 24.5 Å². The molecule has 9 heteroatoms. The first-order valence-corrected chi connectivity index (χ1v) is 19.6. The number of carbonyl (C=O) groups excluding carboxylic acids is 3. The number of aliphatic hydroxyl groups excluding tert-OH is 1. The van der Waals surface area contributed by atoms with Gasteiger partial charge in [-0.25, -0.2) is 4.79 Å². The zero-order valence-electron chi connectivity index (χ0n) is 30.8. The lowest BCUT2D eigenvalue weighted by Crippen LogP contribution is -2.47. The Hall–Kier alpha value is -2.42. The molecule has 2 unspecified atom stereocenters. The molecule has 0 saturated heterocycles. The second kappa shape index (κ2) is 34.4. The number of amides is 2. The zero-order valence-corrected chi connectivity index (χ0v) is 30.8. The molecule has 0 heterocycles. The van der Waals surface area contributed by atoms with Crippen LogP contribution in [-0.2, 0) is 23.9 Å². The lowest BCUT2D eigenvalue weighted by molar-refractivity contribution is -0.150. The van der Waals surface area contributed by atoms with Crippen LogP contribution in [0.3, 0.4) is 0 Å². The monoisotopic (exact) mass is 681 g/mol. The van der Waals surface area contributed by atoms with Crippen molar-refractivity contribution in [3.8, 4) is 0 Å². The Morgan fingerprint density at radius 1 is 0.604 bits per heavy atom. The molecule has 0 saturated carbocycles. The van der Waals surface area contributed by atoms with E-state index in [4.69, 9.17) is 14.9 Å². The van der Waals surface area contributed by atoms with Gasteiger partial charge in [-0.3, -0.25) is 14.4 Å². The Balaban J connectivity index is 4.28. The number of unbranched alkanes of at least 4 members (excludes halogenated alkanes) is 19. The van der Waals surface area contributed by atoms with Gasteiger partial charge in [0.25, 0.3) is 0 Å². The van der Waals surface area contributed by atoms with Crippen LogP contribution < -0.4 is 10.6 Å². The molecule has 48 heavy (non-hydrogen) atoms. The maximum absolute atomic E-state index is 12.7. The third-order valence-corrected chi connectivity index (χ3v) is 8.74. The predicted molar refractivity (Wildman–Crippen MR) is 195 cm³/mol. The Morgan fingerprint density at radius 3 is 1.65 bits per heavy atom. The number of carbonyl (C=O) groups is 4. The van der Waals surface area contributed by atoms with E-state index in [1.54, 1.807) is 0 Å². The molecule has 280 valence electrons. The highest BCUT2D eigenvalue weighted by Crippen LogP contribution is 2.19. The molecule has 2 atom stereocenters. The first kappa shape index (κ1) is 45.6. The predicted octanol–water partition coefficient (Wildman–Crippen LogP) is 8.70. The summed E-state index contributed by atoms with van der Waals surface area (Å²) in [6.45, 7) is 3.42. The van der Waals surface area contributed by atoms with E-state index in [1.807, 2.05) is 0 Å². The van der Waals surface area contributed by atoms with Crippen LogP contribution >= 0.6 is 0 Å². The van der Waals surface area contributed by atoms with Crippen molar-refractivity contribution in [2.75, 3.05) is 13.2 Å².